The van der Waals surface area contributed by atoms with Gasteiger partial charge in [0, 0.05) is 19.1 Å². The minimum atomic E-state index is -3.06. The van der Waals surface area contributed by atoms with Crippen LogP contribution in [-0.4, -0.2) is 69.2 Å². The molecular weight excluding hydrogens is 238 g/mol. The summed E-state index contributed by atoms with van der Waals surface area (Å²) in [5.41, 5.74) is 0. The zero-order chi connectivity index (χ0) is 12.5. The number of hydrogen-bond donors (Lipinski definition) is 1. The van der Waals surface area contributed by atoms with Gasteiger partial charge in [0.1, 0.15) is 0 Å². The second-order valence-electron chi connectivity index (χ2n) is 5.26. The van der Waals surface area contributed by atoms with Crippen molar-refractivity contribution >= 4 is 10.0 Å². The first-order valence-electron chi connectivity index (χ1n) is 6.38. The van der Waals surface area contributed by atoms with Crippen molar-refractivity contribution in [2.24, 2.45) is 0 Å². The first-order valence-corrected chi connectivity index (χ1v) is 7.88. The maximum atomic E-state index is 12.4. The molecule has 0 aromatic carbocycles. The van der Waals surface area contributed by atoms with Crippen molar-refractivity contribution in [2.45, 2.75) is 30.6 Å². The molecule has 0 aromatic rings. The summed E-state index contributed by atoms with van der Waals surface area (Å²) in [6.45, 7) is 3.01. The number of piperidine rings is 1. The molecule has 100 valence electrons. The number of sulfonamides is 1. The van der Waals surface area contributed by atoms with Crippen molar-refractivity contribution in [1.82, 2.24) is 14.5 Å². The van der Waals surface area contributed by atoms with Gasteiger partial charge in [-0.25, -0.2) is 12.7 Å². The van der Waals surface area contributed by atoms with Crippen molar-refractivity contribution in [3.63, 3.8) is 0 Å². The van der Waals surface area contributed by atoms with Gasteiger partial charge in [0.15, 0.2) is 0 Å². The van der Waals surface area contributed by atoms with Gasteiger partial charge in [-0.3, -0.25) is 0 Å². The second-order valence-corrected chi connectivity index (χ2v) is 7.47. The monoisotopic (exact) mass is 261 g/mol. The number of rotatable bonds is 3. The highest BCUT2D eigenvalue weighted by Gasteiger charge is 2.37. The molecule has 0 aliphatic carbocycles. The predicted octanol–water partition coefficient (Wildman–Crippen LogP) is -0.296. The third-order valence-corrected chi connectivity index (χ3v) is 6.29. The van der Waals surface area contributed by atoms with E-state index in [1.54, 1.807) is 4.31 Å². The molecular formula is C11H23N3O2S. The first kappa shape index (κ1) is 13.3. The highest BCUT2D eigenvalue weighted by atomic mass is 32.2. The van der Waals surface area contributed by atoms with E-state index in [0.29, 0.717) is 19.1 Å². The first-order chi connectivity index (χ1) is 8.01. The van der Waals surface area contributed by atoms with E-state index in [2.05, 4.69) is 10.2 Å². The second kappa shape index (κ2) is 5.22. The third kappa shape index (κ3) is 2.81. The molecule has 2 aliphatic rings. The zero-order valence-corrected chi connectivity index (χ0v) is 11.5. The quantitative estimate of drug-likeness (QED) is 0.758. The summed E-state index contributed by atoms with van der Waals surface area (Å²) in [6.07, 6.45) is 2.47. The third-order valence-electron chi connectivity index (χ3n) is 3.92. The number of likely N-dealkylation sites (N-methyl/N-ethyl adjacent to an activating group) is 1. The summed E-state index contributed by atoms with van der Waals surface area (Å²) in [5.74, 6) is 0. The molecule has 2 aliphatic heterocycles. The summed E-state index contributed by atoms with van der Waals surface area (Å²) in [6, 6.07) is 0.381. The van der Waals surface area contributed by atoms with Crippen molar-refractivity contribution < 1.29 is 8.42 Å². The van der Waals surface area contributed by atoms with Gasteiger partial charge in [0.25, 0.3) is 0 Å². The lowest BCUT2D eigenvalue weighted by Crippen LogP contribution is -2.44. The Morgan fingerprint density at radius 1 is 1.18 bits per heavy atom. The fourth-order valence-electron chi connectivity index (χ4n) is 2.67. The standard InChI is InChI=1S/C11H23N3O2S/c1-13(2)10-5-8-14(9-10)17(15,16)11-3-6-12-7-4-11/h10-12H,3-9H2,1-2H3. The summed E-state index contributed by atoms with van der Waals surface area (Å²) < 4.78 is 26.6. The Morgan fingerprint density at radius 3 is 2.35 bits per heavy atom. The van der Waals surface area contributed by atoms with E-state index in [1.807, 2.05) is 14.1 Å². The molecule has 1 unspecified atom stereocenters. The smallest absolute Gasteiger partial charge is 0.217 e. The van der Waals surface area contributed by atoms with Gasteiger partial charge in [-0.2, -0.15) is 0 Å². The molecule has 0 aromatic heterocycles. The maximum absolute atomic E-state index is 12.4. The predicted molar refractivity (Wildman–Crippen MR) is 68.5 cm³/mol. The van der Waals surface area contributed by atoms with E-state index in [1.165, 1.54) is 0 Å². The topological polar surface area (TPSA) is 52.7 Å². The van der Waals surface area contributed by atoms with E-state index in [0.717, 1.165) is 32.4 Å². The molecule has 6 heteroatoms. The van der Waals surface area contributed by atoms with Gasteiger partial charge in [0.2, 0.25) is 10.0 Å². The molecule has 17 heavy (non-hydrogen) atoms. The summed E-state index contributed by atoms with van der Waals surface area (Å²) >= 11 is 0. The lowest BCUT2D eigenvalue weighted by atomic mass is 10.2. The van der Waals surface area contributed by atoms with E-state index in [-0.39, 0.29) is 5.25 Å². The molecule has 2 fully saturated rings. The summed E-state index contributed by atoms with van der Waals surface area (Å²) in [7, 11) is 0.977. The summed E-state index contributed by atoms with van der Waals surface area (Å²) in [4.78, 5) is 2.12. The molecule has 0 saturated carbocycles. The molecule has 1 N–H and O–H groups in total. The lowest BCUT2D eigenvalue weighted by Gasteiger charge is -2.28. The average molecular weight is 261 g/mol. The molecule has 2 rings (SSSR count). The van der Waals surface area contributed by atoms with E-state index < -0.39 is 10.0 Å². The highest BCUT2D eigenvalue weighted by Crippen LogP contribution is 2.23. The Balaban J connectivity index is 2.01. The summed E-state index contributed by atoms with van der Waals surface area (Å²) in [5, 5.41) is 3.05. The zero-order valence-electron chi connectivity index (χ0n) is 10.7. The maximum Gasteiger partial charge on any atom is 0.217 e. The highest BCUT2D eigenvalue weighted by molar-refractivity contribution is 7.89. The Labute approximate surface area is 104 Å². The van der Waals surface area contributed by atoms with Crippen molar-refractivity contribution in [3.05, 3.63) is 0 Å². The minimum absolute atomic E-state index is 0.162. The SMILES string of the molecule is CN(C)C1CCN(S(=O)(=O)C2CCNCC2)C1. The molecule has 0 amide bonds. The van der Waals surface area contributed by atoms with E-state index >= 15 is 0 Å². The molecule has 1 atom stereocenters. The van der Waals surface area contributed by atoms with Gasteiger partial charge in [-0.15, -0.1) is 0 Å². The van der Waals surface area contributed by atoms with Crippen LogP contribution in [0.3, 0.4) is 0 Å². The van der Waals surface area contributed by atoms with Crippen LogP contribution in [0, 0.1) is 0 Å². The number of hydrogen-bond acceptors (Lipinski definition) is 4. The molecule has 0 radical (unpaired) electrons. The number of nitrogens with one attached hydrogen (secondary N) is 1. The average Bonchev–Trinajstić information content (AvgIpc) is 2.80. The molecule has 0 spiro atoms. The Morgan fingerprint density at radius 2 is 1.82 bits per heavy atom. The van der Waals surface area contributed by atoms with Crippen LogP contribution in [0.2, 0.25) is 0 Å². The minimum Gasteiger partial charge on any atom is -0.317 e. The van der Waals surface area contributed by atoms with Gasteiger partial charge >= 0.3 is 0 Å². The molecule has 2 saturated heterocycles. The Bertz CT molecular complexity index is 350. The van der Waals surface area contributed by atoms with Crippen LogP contribution < -0.4 is 5.32 Å². The van der Waals surface area contributed by atoms with Gasteiger partial charge in [-0.05, 0) is 46.4 Å². The van der Waals surface area contributed by atoms with Gasteiger partial charge < -0.3 is 10.2 Å². The Kier molecular flexibility index (Phi) is 4.07. The van der Waals surface area contributed by atoms with Crippen molar-refractivity contribution in [2.75, 3.05) is 40.3 Å². The fraction of sp³-hybridized carbons (Fsp3) is 1.00. The Hall–Kier alpha value is -0.170. The number of nitrogens with zero attached hydrogens (tertiary/aromatic N) is 2. The largest absolute Gasteiger partial charge is 0.317 e. The van der Waals surface area contributed by atoms with Crippen LogP contribution in [0.25, 0.3) is 0 Å². The van der Waals surface area contributed by atoms with Crippen LogP contribution >= 0.6 is 0 Å². The molecule has 2 heterocycles. The molecule has 0 bridgehead atoms. The fourth-order valence-corrected chi connectivity index (χ4v) is 4.66. The van der Waals surface area contributed by atoms with Crippen LogP contribution in [0.15, 0.2) is 0 Å². The van der Waals surface area contributed by atoms with E-state index in [9.17, 15) is 8.42 Å². The lowest BCUT2D eigenvalue weighted by molar-refractivity contribution is 0.301. The van der Waals surface area contributed by atoms with Gasteiger partial charge in [0.05, 0.1) is 5.25 Å². The van der Waals surface area contributed by atoms with Crippen molar-refractivity contribution in [3.8, 4) is 0 Å². The van der Waals surface area contributed by atoms with Crippen LogP contribution in [0.5, 0.6) is 0 Å². The van der Waals surface area contributed by atoms with Crippen LogP contribution in [0.1, 0.15) is 19.3 Å². The van der Waals surface area contributed by atoms with Crippen molar-refractivity contribution in [1.29, 1.82) is 0 Å². The molecule has 5 nitrogen and oxygen atoms in total. The normalized spacial score (nSPS) is 29.0. The van der Waals surface area contributed by atoms with E-state index in [4.69, 9.17) is 0 Å². The van der Waals surface area contributed by atoms with Crippen LogP contribution in [0.4, 0.5) is 0 Å². The van der Waals surface area contributed by atoms with Crippen LogP contribution in [-0.2, 0) is 10.0 Å². The van der Waals surface area contributed by atoms with Gasteiger partial charge in [-0.1, -0.05) is 0 Å².